The monoisotopic (exact) mass is 542 g/mol. The van der Waals surface area contributed by atoms with Gasteiger partial charge in [-0.2, -0.15) is 0 Å². The van der Waals surface area contributed by atoms with E-state index in [4.69, 9.17) is 18.9 Å². The Kier molecular flexibility index (Phi) is 10.1. The predicted octanol–water partition coefficient (Wildman–Crippen LogP) is 4.82. The van der Waals surface area contributed by atoms with Crippen molar-refractivity contribution in [1.29, 1.82) is 0 Å². The number of morpholine rings is 1. The Bertz CT molecular complexity index is 1290. The normalized spacial score (nSPS) is 13.7. The molecule has 210 valence electrons. The zero-order chi connectivity index (χ0) is 27.4. The molecule has 1 aromatic heterocycles. The Morgan fingerprint density at radius 3 is 2.38 bits per heavy atom. The second-order valence-corrected chi connectivity index (χ2v) is 9.76. The van der Waals surface area contributed by atoms with Crippen LogP contribution in [0.5, 0.6) is 11.5 Å². The van der Waals surface area contributed by atoms with Gasteiger partial charge in [0.2, 0.25) is 0 Å². The molecule has 8 heteroatoms. The highest BCUT2D eigenvalue weighted by molar-refractivity contribution is 5.51. The van der Waals surface area contributed by atoms with Crippen LogP contribution in [0.4, 0.5) is 5.69 Å². The van der Waals surface area contributed by atoms with Crippen molar-refractivity contribution < 1.29 is 18.9 Å². The molecule has 0 aliphatic carbocycles. The fourth-order valence-electron chi connectivity index (χ4n) is 4.77. The first-order valence-electron chi connectivity index (χ1n) is 13.8. The number of nitrogens with zero attached hydrogens (tertiary/aromatic N) is 4. The summed E-state index contributed by atoms with van der Waals surface area (Å²) in [6.07, 6.45) is 5.57. The molecule has 5 rings (SSSR count). The van der Waals surface area contributed by atoms with Crippen molar-refractivity contribution >= 4 is 5.69 Å². The van der Waals surface area contributed by atoms with Crippen LogP contribution < -0.4 is 14.4 Å². The van der Waals surface area contributed by atoms with Gasteiger partial charge < -0.3 is 28.4 Å². The average molecular weight is 543 g/mol. The van der Waals surface area contributed by atoms with E-state index in [0.717, 1.165) is 68.8 Å². The number of imidazole rings is 1. The summed E-state index contributed by atoms with van der Waals surface area (Å²) in [5, 5.41) is 0. The van der Waals surface area contributed by atoms with Crippen molar-refractivity contribution in [3.8, 4) is 17.2 Å². The zero-order valence-corrected chi connectivity index (χ0v) is 23.2. The van der Waals surface area contributed by atoms with Crippen LogP contribution in [0.25, 0.3) is 5.69 Å². The standard InChI is InChI=1S/C32H38N4O4/c1-37-32-7-3-5-28(23-32)25-36(24-27-4-2-6-30(22-27)35-13-12-33-26-35)29-8-10-31(11-9-29)40-21-20-39-19-16-34-14-17-38-18-15-34/h2-13,22-23,26H,14-21,24-25H2,1H3. The first kappa shape index (κ1) is 27.7. The van der Waals surface area contributed by atoms with E-state index in [9.17, 15) is 0 Å². The number of rotatable bonds is 14. The molecule has 1 saturated heterocycles. The van der Waals surface area contributed by atoms with Crippen LogP contribution >= 0.6 is 0 Å². The van der Waals surface area contributed by atoms with Gasteiger partial charge in [0.05, 0.1) is 39.9 Å². The average Bonchev–Trinajstić information content (AvgIpc) is 3.55. The van der Waals surface area contributed by atoms with Gasteiger partial charge in [0, 0.05) is 56.5 Å². The zero-order valence-electron chi connectivity index (χ0n) is 23.2. The molecule has 1 fully saturated rings. The van der Waals surface area contributed by atoms with Gasteiger partial charge in [0.25, 0.3) is 0 Å². The maximum Gasteiger partial charge on any atom is 0.119 e. The van der Waals surface area contributed by atoms with Gasteiger partial charge in [-0.1, -0.05) is 24.3 Å². The minimum atomic E-state index is 0.525. The lowest BCUT2D eigenvalue weighted by Crippen LogP contribution is -2.38. The lowest BCUT2D eigenvalue weighted by molar-refractivity contribution is 0.0170. The van der Waals surface area contributed by atoms with Gasteiger partial charge in [0.15, 0.2) is 0 Å². The molecule has 4 aromatic rings. The molecule has 0 unspecified atom stereocenters. The Balaban J connectivity index is 1.20. The largest absolute Gasteiger partial charge is 0.497 e. The number of anilines is 1. The van der Waals surface area contributed by atoms with Crippen molar-refractivity contribution in [3.63, 3.8) is 0 Å². The topological polar surface area (TPSA) is 61.2 Å². The van der Waals surface area contributed by atoms with Crippen LogP contribution in [0.15, 0.2) is 91.5 Å². The van der Waals surface area contributed by atoms with Crippen LogP contribution in [-0.4, -0.2) is 74.2 Å². The third-order valence-electron chi connectivity index (χ3n) is 6.95. The van der Waals surface area contributed by atoms with Gasteiger partial charge >= 0.3 is 0 Å². The number of ether oxygens (including phenoxy) is 4. The molecule has 0 saturated carbocycles. The lowest BCUT2D eigenvalue weighted by Gasteiger charge is -2.26. The Morgan fingerprint density at radius 1 is 0.850 bits per heavy atom. The molecular weight excluding hydrogens is 504 g/mol. The quantitative estimate of drug-likeness (QED) is 0.212. The van der Waals surface area contributed by atoms with Gasteiger partial charge in [-0.05, 0) is 59.7 Å². The van der Waals surface area contributed by atoms with E-state index < -0.39 is 0 Å². The van der Waals surface area contributed by atoms with Crippen molar-refractivity contribution in [2.24, 2.45) is 0 Å². The van der Waals surface area contributed by atoms with Crippen LogP contribution in [0.3, 0.4) is 0 Å². The number of hydrogen-bond donors (Lipinski definition) is 0. The molecule has 40 heavy (non-hydrogen) atoms. The predicted molar refractivity (Wildman–Crippen MR) is 156 cm³/mol. The van der Waals surface area contributed by atoms with Gasteiger partial charge in [-0.25, -0.2) is 4.98 Å². The van der Waals surface area contributed by atoms with E-state index in [-0.39, 0.29) is 0 Å². The van der Waals surface area contributed by atoms with E-state index in [1.807, 2.05) is 41.4 Å². The minimum absolute atomic E-state index is 0.525. The highest BCUT2D eigenvalue weighted by Gasteiger charge is 2.12. The lowest BCUT2D eigenvalue weighted by atomic mass is 10.1. The van der Waals surface area contributed by atoms with E-state index in [0.29, 0.717) is 19.8 Å². The summed E-state index contributed by atoms with van der Waals surface area (Å²) in [7, 11) is 1.70. The third-order valence-corrected chi connectivity index (χ3v) is 6.95. The highest BCUT2D eigenvalue weighted by atomic mass is 16.5. The maximum atomic E-state index is 5.95. The summed E-state index contributed by atoms with van der Waals surface area (Å²) in [4.78, 5) is 8.92. The number of methoxy groups -OCH3 is 1. The molecule has 0 spiro atoms. The molecule has 0 atom stereocenters. The number of benzene rings is 3. The fraction of sp³-hybridized carbons (Fsp3) is 0.344. The van der Waals surface area contributed by atoms with E-state index in [2.05, 4.69) is 63.3 Å². The summed E-state index contributed by atoms with van der Waals surface area (Å²) in [6.45, 7) is 7.82. The molecule has 1 aliphatic rings. The minimum Gasteiger partial charge on any atom is -0.497 e. The molecule has 0 bridgehead atoms. The SMILES string of the molecule is COc1cccc(CN(Cc2cccc(-n3ccnc3)c2)c2ccc(OCCOCCN3CCOCC3)cc2)c1. The van der Waals surface area contributed by atoms with Crippen LogP contribution in [0.2, 0.25) is 0 Å². The number of hydrogen-bond acceptors (Lipinski definition) is 7. The molecule has 8 nitrogen and oxygen atoms in total. The first-order chi connectivity index (χ1) is 19.8. The summed E-state index contributed by atoms with van der Waals surface area (Å²) in [5.41, 5.74) is 4.60. The summed E-state index contributed by atoms with van der Waals surface area (Å²) >= 11 is 0. The molecule has 3 aromatic carbocycles. The smallest absolute Gasteiger partial charge is 0.119 e. The van der Waals surface area contributed by atoms with Crippen molar-refractivity contribution in [1.82, 2.24) is 14.5 Å². The van der Waals surface area contributed by atoms with Crippen molar-refractivity contribution in [2.75, 3.05) is 64.7 Å². The van der Waals surface area contributed by atoms with E-state index >= 15 is 0 Å². The Labute approximate surface area is 236 Å². The van der Waals surface area contributed by atoms with Gasteiger partial charge in [-0.3, -0.25) is 4.90 Å². The van der Waals surface area contributed by atoms with Gasteiger partial charge in [0.1, 0.15) is 18.1 Å². The second-order valence-electron chi connectivity index (χ2n) is 9.76. The number of aromatic nitrogens is 2. The van der Waals surface area contributed by atoms with Crippen LogP contribution in [0.1, 0.15) is 11.1 Å². The first-order valence-corrected chi connectivity index (χ1v) is 13.8. The van der Waals surface area contributed by atoms with Crippen molar-refractivity contribution in [3.05, 3.63) is 103 Å². The molecule has 0 N–H and O–H groups in total. The van der Waals surface area contributed by atoms with E-state index in [1.165, 1.54) is 11.1 Å². The Hall–Kier alpha value is -3.85. The van der Waals surface area contributed by atoms with Crippen LogP contribution in [-0.2, 0) is 22.6 Å². The van der Waals surface area contributed by atoms with Gasteiger partial charge in [-0.15, -0.1) is 0 Å². The molecule has 0 amide bonds. The maximum absolute atomic E-state index is 5.95. The fourth-order valence-corrected chi connectivity index (χ4v) is 4.77. The second kappa shape index (κ2) is 14.5. The van der Waals surface area contributed by atoms with Crippen LogP contribution in [0, 0.1) is 0 Å². The van der Waals surface area contributed by atoms with E-state index in [1.54, 1.807) is 13.3 Å². The summed E-state index contributed by atoms with van der Waals surface area (Å²) in [6, 6.07) is 25.1. The summed E-state index contributed by atoms with van der Waals surface area (Å²) in [5.74, 6) is 1.69. The molecular formula is C32H38N4O4. The molecule has 2 heterocycles. The molecule has 1 aliphatic heterocycles. The Morgan fingerprint density at radius 2 is 1.62 bits per heavy atom. The van der Waals surface area contributed by atoms with Crippen molar-refractivity contribution in [2.45, 2.75) is 13.1 Å². The summed E-state index contributed by atoms with van der Waals surface area (Å²) < 4.78 is 24.6. The molecule has 0 radical (unpaired) electrons. The highest BCUT2D eigenvalue weighted by Crippen LogP contribution is 2.25. The third kappa shape index (κ3) is 8.08.